The molecule has 6 heteroatoms. The van der Waals surface area contributed by atoms with Crippen LogP contribution < -0.4 is 5.32 Å². The van der Waals surface area contributed by atoms with Gasteiger partial charge in [-0.15, -0.1) is 0 Å². The van der Waals surface area contributed by atoms with E-state index in [4.69, 9.17) is 0 Å². The molecular weight excluding hydrogens is 316 g/mol. The summed E-state index contributed by atoms with van der Waals surface area (Å²) < 4.78 is 0. The summed E-state index contributed by atoms with van der Waals surface area (Å²) in [5, 5.41) is 3.14. The standard InChI is InChI=1S/C19H22N4O2/c1-13-7-9-23(10-8-13)19(25)17-11-18(21-12-20-17)22-16-5-3-15(4-6-16)14(2)24/h3-6,11-13H,7-10H2,1-2H3,(H,20,21,22). The molecule has 1 aliphatic heterocycles. The van der Waals surface area contributed by atoms with Crippen molar-refractivity contribution in [2.24, 2.45) is 5.92 Å². The number of hydrogen-bond donors (Lipinski definition) is 1. The minimum Gasteiger partial charge on any atom is -0.340 e. The average Bonchev–Trinajstić information content (AvgIpc) is 2.62. The SMILES string of the molecule is CC(=O)c1ccc(Nc2cc(C(=O)N3CCC(C)CC3)ncn2)cc1. The van der Waals surface area contributed by atoms with Gasteiger partial charge >= 0.3 is 0 Å². The summed E-state index contributed by atoms with van der Waals surface area (Å²) in [6.45, 7) is 5.30. The summed E-state index contributed by atoms with van der Waals surface area (Å²) in [6.07, 6.45) is 3.46. The molecule has 1 fully saturated rings. The number of carbonyl (C=O) groups excluding carboxylic acids is 2. The van der Waals surface area contributed by atoms with E-state index in [9.17, 15) is 9.59 Å². The third-order valence-corrected chi connectivity index (χ3v) is 4.52. The van der Waals surface area contributed by atoms with Crippen molar-refractivity contribution in [1.29, 1.82) is 0 Å². The highest BCUT2D eigenvalue weighted by molar-refractivity contribution is 5.94. The topological polar surface area (TPSA) is 75.2 Å². The molecule has 130 valence electrons. The highest BCUT2D eigenvalue weighted by Crippen LogP contribution is 2.19. The van der Waals surface area contributed by atoms with Gasteiger partial charge in [0.05, 0.1) is 0 Å². The number of benzene rings is 1. The summed E-state index contributed by atoms with van der Waals surface area (Å²) in [7, 11) is 0. The second kappa shape index (κ2) is 7.42. The number of aromatic nitrogens is 2. The van der Waals surface area contributed by atoms with Crippen molar-refractivity contribution in [2.45, 2.75) is 26.7 Å². The lowest BCUT2D eigenvalue weighted by atomic mass is 9.99. The first-order chi connectivity index (χ1) is 12.0. The van der Waals surface area contributed by atoms with E-state index in [0.29, 0.717) is 23.0 Å². The normalized spacial score (nSPS) is 15.0. The molecule has 1 amide bonds. The number of carbonyl (C=O) groups is 2. The van der Waals surface area contributed by atoms with Crippen LogP contribution in [0.25, 0.3) is 0 Å². The highest BCUT2D eigenvalue weighted by atomic mass is 16.2. The van der Waals surface area contributed by atoms with Crippen molar-refractivity contribution in [1.82, 2.24) is 14.9 Å². The molecule has 1 aromatic carbocycles. The fourth-order valence-corrected chi connectivity index (χ4v) is 2.85. The summed E-state index contributed by atoms with van der Waals surface area (Å²) in [6, 6.07) is 8.80. The molecule has 0 atom stereocenters. The van der Waals surface area contributed by atoms with Crippen LogP contribution in [-0.2, 0) is 0 Å². The zero-order chi connectivity index (χ0) is 17.8. The minimum absolute atomic E-state index is 0.0253. The monoisotopic (exact) mass is 338 g/mol. The maximum absolute atomic E-state index is 12.6. The van der Waals surface area contributed by atoms with Gasteiger partial charge in [-0.3, -0.25) is 9.59 Å². The van der Waals surface area contributed by atoms with Gasteiger partial charge in [0.15, 0.2) is 5.78 Å². The van der Waals surface area contributed by atoms with E-state index in [1.807, 2.05) is 17.0 Å². The second-order valence-electron chi connectivity index (χ2n) is 6.52. The third kappa shape index (κ3) is 4.21. The summed E-state index contributed by atoms with van der Waals surface area (Å²) in [4.78, 5) is 34.1. The third-order valence-electron chi connectivity index (χ3n) is 4.52. The van der Waals surface area contributed by atoms with Crippen molar-refractivity contribution in [2.75, 3.05) is 18.4 Å². The van der Waals surface area contributed by atoms with Gasteiger partial charge in [0.2, 0.25) is 0 Å². The maximum Gasteiger partial charge on any atom is 0.272 e. The second-order valence-corrected chi connectivity index (χ2v) is 6.52. The molecule has 0 saturated carbocycles. The van der Waals surface area contributed by atoms with E-state index in [0.717, 1.165) is 31.6 Å². The van der Waals surface area contributed by atoms with Crippen LogP contribution in [0.5, 0.6) is 0 Å². The minimum atomic E-state index is -0.0516. The first kappa shape index (κ1) is 17.1. The lowest BCUT2D eigenvalue weighted by Gasteiger charge is -2.30. The number of hydrogen-bond acceptors (Lipinski definition) is 5. The zero-order valence-electron chi connectivity index (χ0n) is 14.5. The first-order valence-corrected chi connectivity index (χ1v) is 8.52. The first-order valence-electron chi connectivity index (χ1n) is 8.52. The van der Waals surface area contributed by atoms with E-state index in [1.165, 1.54) is 13.3 Å². The lowest BCUT2D eigenvalue weighted by molar-refractivity contribution is 0.0691. The number of amides is 1. The molecule has 2 aromatic rings. The van der Waals surface area contributed by atoms with Crippen LogP contribution in [0.15, 0.2) is 36.7 Å². The van der Waals surface area contributed by atoms with E-state index in [1.54, 1.807) is 18.2 Å². The van der Waals surface area contributed by atoms with Gasteiger partial charge < -0.3 is 10.2 Å². The molecule has 1 aliphatic rings. The van der Waals surface area contributed by atoms with Gasteiger partial charge in [-0.05, 0) is 49.9 Å². The molecule has 0 radical (unpaired) electrons. The molecule has 0 bridgehead atoms. The smallest absolute Gasteiger partial charge is 0.272 e. The molecular formula is C19H22N4O2. The van der Waals surface area contributed by atoms with E-state index < -0.39 is 0 Å². The van der Waals surface area contributed by atoms with Gasteiger partial charge in [-0.1, -0.05) is 6.92 Å². The van der Waals surface area contributed by atoms with Crippen LogP contribution >= 0.6 is 0 Å². The molecule has 1 N–H and O–H groups in total. The lowest BCUT2D eigenvalue weighted by Crippen LogP contribution is -2.38. The van der Waals surface area contributed by atoms with Gasteiger partial charge in [0.1, 0.15) is 17.8 Å². The van der Waals surface area contributed by atoms with Crippen LogP contribution in [0.3, 0.4) is 0 Å². The number of nitrogens with zero attached hydrogens (tertiary/aromatic N) is 3. The van der Waals surface area contributed by atoms with Gasteiger partial charge in [-0.2, -0.15) is 0 Å². The van der Waals surface area contributed by atoms with Crippen molar-refractivity contribution in [3.05, 3.63) is 47.9 Å². The average molecular weight is 338 g/mol. The Bertz CT molecular complexity index is 765. The molecule has 0 spiro atoms. The highest BCUT2D eigenvalue weighted by Gasteiger charge is 2.22. The maximum atomic E-state index is 12.6. The molecule has 1 aromatic heterocycles. The van der Waals surface area contributed by atoms with E-state index in [-0.39, 0.29) is 11.7 Å². The predicted molar refractivity (Wildman–Crippen MR) is 96.1 cm³/mol. The number of anilines is 2. The molecule has 0 aliphatic carbocycles. The van der Waals surface area contributed by atoms with E-state index >= 15 is 0 Å². The number of ketones is 1. The van der Waals surface area contributed by atoms with Crippen LogP contribution in [0, 0.1) is 5.92 Å². The summed E-state index contributed by atoms with van der Waals surface area (Å²) in [5.74, 6) is 1.20. The Kier molecular flexibility index (Phi) is 5.07. The quantitative estimate of drug-likeness (QED) is 0.866. The number of nitrogens with one attached hydrogen (secondary N) is 1. The Labute approximate surface area is 147 Å². The van der Waals surface area contributed by atoms with E-state index in [2.05, 4.69) is 22.2 Å². The fourth-order valence-electron chi connectivity index (χ4n) is 2.85. The number of piperidine rings is 1. The van der Waals surface area contributed by atoms with Crippen molar-refractivity contribution in [3.8, 4) is 0 Å². The van der Waals surface area contributed by atoms with Crippen LogP contribution in [0.2, 0.25) is 0 Å². The molecule has 1 saturated heterocycles. The summed E-state index contributed by atoms with van der Waals surface area (Å²) in [5.41, 5.74) is 1.85. The van der Waals surface area contributed by atoms with Gasteiger partial charge in [-0.25, -0.2) is 9.97 Å². The Morgan fingerprint density at radius 1 is 1.12 bits per heavy atom. The largest absolute Gasteiger partial charge is 0.340 e. The molecule has 2 heterocycles. The van der Waals surface area contributed by atoms with Crippen molar-refractivity contribution in [3.63, 3.8) is 0 Å². The molecule has 25 heavy (non-hydrogen) atoms. The predicted octanol–water partition coefficient (Wildman–Crippen LogP) is 3.29. The Hall–Kier alpha value is -2.76. The van der Waals surface area contributed by atoms with Crippen molar-refractivity contribution >= 4 is 23.2 Å². The zero-order valence-corrected chi connectivity index (χ0v) is 14.5. The Morgan fingerprint density at radius 2 is 1.80 bits per heavy atom. The molecule has 6 nitrogen and oxygen atoms in total. The molecule has 3 rings (SSSR count). The van der Waals surface area contributed by atoms with Crippen LogP contribution in [0.1, 0.15) is 47.5 Å². The Morgan fingerprint density at radius 3 is 2.44 bits per heavy atom. The number of likely N-dealkylation sites (tertiary alicyclic amines) is 1. The van der Waals surface area contributed by atoms with Crippen molar-refractivity contribution < 1.29 is 9.59 Å². The van der Waals surface area contributed by atoms with Crippen LogP contribution in [-0.4, -0.2) is 39.6 Å². The number of rotatable bonds is 4. The Balaban J connectivity index is 1.70. The number of Topliss-reactive ketones (excluding diaryl/α,β-unsaturated/α-hetero) is 1. The molecule has 0 unspecified atom stereocenters. The summed E-state index contributed by atoms with van der Waals surface area (Å²) >= 11 is 0. The van der Waals surface area contributed by atoms with Crippen LogP contribution in [0.4, 0.5) is 11.5 Å². The van der Waals surface area contributed by atoms with Gasteiger partial charge in [0.25, 0.3) is 5.91 Å². The van der Waals surface area contributed by atoms with Gasteiger partial charge in [0, 0.05) is 30.4 Å². The fraction of sp³-hybridized carbons (Fsp3) is 0.368.